The van der Waals surface area contributed by atoms with E-state index in [0.29, 0.717) is 18.0 Å². The van der Waals surface area contributed by atoms with Crippen molar-refractivity contribution in [3.05, 3.63) is 54.0 Å². The zero-order valence-electron chi connectivity index (χ0n) is 13.0. The molecule has 2 aromatic rings. The lowest BCUT2D eigenvalue weighted by molar-refractivity contribution is -0.698. The molecule has 6 nitrogen and oxygen atoms in total. The van der Waals surface area contributed by atoms with E-state index in [4.69, 9.17) is 4.42 Å². The Morgan fingerprint density at radius 1 is 1.26 bits per heavy atom. The molecular weight excluding hydrogens is 296 g/mol. The number of carbonyl (C=O) groups is 2. The molecule has 0 aliphatic rings. The third-order valence-corrected chi connectivity index (χ3v) is 3.54. The van der Waals surface area contributed by atoms with Gasteiger partial charge in [0.05, 0.1) is 18.7 Å². The molecule has 1 atom stereocenters. The molecule has 0 spiro atoms. The number of aliphatic carboxylic acids is 1. The third kappa shape index (κ3) is 5.27. The van der Waals surface area contributed by atoms with Gasteiger partial charge < -0.3 is 25.0 Å². The quantitative estimate of drug-likeness (QED) is 0.719. The Balaban J connectivity index is 1.87. The van der Waals surface area contributed by atoms with Crippen LogP contribution in [0.3, 0.4) is 0 Å². The van der Waals surface area contributed by atoms with Gasteiger partial charge in [-0.2, -0.15) is 0 Å². The lowest BCUT2D eigenvalue weighted by atomic mass is 10.1. The van der Waals surface area contributed by atoms with Crippen molar-refractivity contribution in [1.82, 2.24) is 0 Å². The summed E-state index contributed by atoms with van der Waals surface area (Å²) in [5, 5.41) is 15.4. The van der Waals surface area contributed by atoms with Gasteiger partial charge in [0.25, 0.3) is 0 Å². The lowest BCUT2D eigenvalue weighted by Gasteiger charge is -2.15. The Hall–Kier alpha value is -2.60. The second-order valence-corrected chi connectivity index (χ2v) is 5.25. The number of nitrogens with one attached hydrogen (secondary N) is 1. The van der Waals surface area contributed by atoms with Crippen LogP contribution in [-0.4, -0.2) is 17.9 Å². The maximum Gasteiger partial charge on any atom is 0.230 e. The molecule has 1 aromatic carbocycles. The van der Waals surface area contributed by atoms with Gasteiger partial charge in [-0.25, -0.2) is 0 Å². The Morgan fingerprint density at radius 3 is 2.57 bits per heavy atom. The van der Waals surface area contributed by atoms with Crippen molar-refractivity contribution in [3.8, 4) is 0 Å². The van der Waals surface area contributed by atoms with E-state index in [1.807, 2.05) is 19.1 Å². The molecule has 3 N–H and O–H groups in total. The topological polar surface area (TPSA) is 99.0 Å². The van der Waals surface area contributed by atoms with Gasteiger partial charge in [-0.3, -0.25) is 4.79 Å². The first kappa shape index (κ1) is 16.8. The van der Waals surface area contributed by atoms with Crippen LogP contribution in [0.4, 0.5) is 5.69 Å². The molecule has 6 heteroatoms. The summed E-state index contributed by atoms with van der Waals surface area (Å²) in [6, 6.07) is 9.97. The fraction of sp³-hybridized carbons (Fsp3) is 0.294. The van der Waals surface area contributed by atoms with Crippen molar-refractivity contribution in [2.24, 2.45) is 0 Å². The molecule has 0 aliphatic heterocycles. The maximum absolute atomic E-state index is 12.0. The number of carboxylic acids is 1. The van der Waals surface area contributed by atoms with E-state index in [1.165, 1.54) is 17.1 Å². The molecule has 122 valence electrons. The van der Waals surface area contributed by atoms with E-state index in [0.717, 1.165) is 6.42 Å². The van der Waals surface area contributed by atoms with Gasteiger partial charge in [-0.15, -0.1) is 0 Å². The zero-order valence-corrected chi connectivity index (χ0v) is 13.0. The molecule has 1 heterocycles. The Labute approximate surface area is 134 Å². The molecule has 0 bridgehead atoms. The highest BCUT2D eigenvalue weighted by molar-refractivity contribution is 5.93. The van der Waals surface area contributed by atoms with Crippen molar-refractivity contribution < 1.29 is 24.4 Å². The minimum Gasteiger partial charge on any atom is -0.544 e. The number of anilines is 1. The van der Waals surface area contributed by atoms with Gasteiger partial charge in [0, 0.05) is 5.69 Å². The van der Waals surface area contributed by atoms with Gasteiger partial charge in [0.15, 0.2) is 5.76 Å². The maximum atomic E-state index is 12.0. The number of amides is 1. The number of aryl methyl sites for hydroxylation is 1. The molecule has 0 saturated carbocycles. The average molecular weight is 316 g/mol. The van der Waals surface area contributed by atoms with E-state index in [1.54, 1.807) is 24.3 Å². The first-order valence-corrected chi connectivity index (χ1v) is 7.54. The number of benzene rings is 1. The summed E-state index contributed by atoms with van der Waals surface area (Å²) in [7, 11) is 0. The predicted molar refractivity (Wildman–Crippen MR) is 82.2 cm³/mol. The van der Waals surface area contributed by atoms with Crippen molar-refractivity contribution in [2.75, 3.05) is 5.32 Å². The second-order valence-electron chi connectivity index (χ2n) is 5.25. The van der Waals surface area contributed by atoms with E-state index >= 15 is 0 Å². The van der Waals surface area contributed by atoms with Crippen LogP contribution < -0.4 is 15.7 Å². The van der Waals surface area contributed by atoms with Crippen molar-refractivity contribution in [2.45, 2.75) is 32.4 Å². The van der Waals surface area contributed by atoms with Crippen LogP contribution in [0, 0.1) is 0 Å². The SMILES string of the molecule is CCc1ccc(NC(=O)CC([NH2+]Cc2ccco2)C(=O)[O-])cc1. The van der Waals surface area contributed by atoms with Crippen LogP contribution in [0.2, 0.25) is 0 Å². The van der Waals surface area contributed by atoms with E-state index < -0.39 is 12.0 Å². The van der Waals surface area contributed by atoms with E-state index in [-0.39, 0.29) is 12.3 Å². The fourth-order valence-electron chi connectivity index (χ4n) is 2.19. The van der Waals surface area contributed by atoms with Gasteiger partial charge in [-0.1, -0.05) is 19.1 Å². The first-order valence-electron chi connectivity index (χ1n) is 7.54. The van der Waals surface area contributed by atoms with E-state index in [9.17, 15) is 14.7 Å². The Morgan fingerprint density at radius 2 is 2.00 bits per heavy atom. The smallest absolute Gasteiger partial charge is 0.230 e. The largest absolute Gasteiger partial charge is 0.544 e. The molecule has 0 saturated heterocycles. The van der Waals surface area contributed by atoms with Crippen LogP contribution in [0.5, 0.6) is 0 Å². The van der Waals surface area contributed by atoms with E-state index in [2.05, 4.69) is 5.32 Å². The number of hydrogen-bond acceptors (Lipinski definition) is 4. The number of carbonyl (C=O) groups excluding carboxylic acids is 2. The number of furan rings is 1. The third-order valence-electron chi connectivity index (χ3n) is 3.54. The highest BCUT2D eigenvalue weighted by Crippen LogP contribution is 2.10. The minimum atomic E-state index is -1.27. The van der Waals surface area contributed by atoms with Gasteiger partial charge >= 0.3 is 0 Å². The van der Waals surface area contributed by atoms with Crippen LogP contribution >= 0.6 is 0 Å². The average Bonchev–Trinajstić information content (AvgIpc) is 3.05. The summed E-state index contributed by atoms with van der Waals surface area (Å²) in [5.41, 5.74) is 1.82. The summed E-state index contributed by atoms with van der Waals surface area (Å²) in [4.78, 5) is 23.2. The van der Waals surface area contributed by atoms with Gasteiger partial charge in [0.1, 0.15) is 12.6 Å². The molecule has 1 amide bonds. The standard InChI is InChI=1S/C17H20N2O4/c1-2-12-5-7-13(8-6-12)19-16(20)10-15(17(21)22)18-11-14-4-3-9-23-14/h3-9,15,18H,2,10-11H2,1H3,(H,19,20)(H,21,22). The molecular formula is C17H20N2O4. The summed E-state index contributed by atoms with van der Waals surface area (Å²) < 4.78 is 5.14. The summed E-state index contributed by atoms with van der Waals surface area (Å²) in [6.07, 6.45) is 2.27. The molecule has 0 radical (unpaired) electrons. The normalized spacial score (nSPS) is 11.9. The highest BCUT2D eigenvalue weighted by Gasteiger charge is 2.19. The van der Waals surface area contributed by atoms with Crippen LogP contribution in [0.25, 0.3) is 0 Å². The number of hydrogen-bond donors (Lipinski definition) is 2. The van der Waals surface area contributed by atoms with Crippen molar-refractivity contribution >= 4 is 17.6 Å². The first-order chi connectivity index (χ1) is 11.1. The molecule has 0 aliphatic carbocycles. The van der Waals surface area contributed by atoms with Crippen LogP contribution in [0.1, 0.15) is 24.7 Å². The summed E-state index contributed by atoms with van der Waals surface area (Å²) in [5.74, 6) is -0.987. The molecule has 2 rings (SSSR count). The zero-order chi connectivity index (χ0) is 16.7. The monoisotopic (exact) mass is 316 g/mol. The van der Waals surface area contributed by atoms with Gasteiger partial charge in [0.2, 0.25) is 5.91 Å². The fourth-order valence-corrected chi connectivity index (χ4v) is 2.19. The number of carboxylic acid groups (broad SMARTS) is 1. The summed E-state index contributed by atoms with van der Waals surface area (Å²) >= 11 is 0. The molecule has 1 aromatic heterocycles. The predicted octanol–water partition coefficient (Wildman–Crippen LogP) is 0.0527. The van der Waals surface area contributed by atoms with Gasteiger partial charge in [-0.05, 0) is 36.2 Å². The van der Waals surface area contributed by atoms with Crippen LogP contribution in [0.15, 0.2) is 47.1 Å². The second kappa shape index (κ2) is 8.14. The molecule has 0 fully saturated rings. The van der Waals surface area contributed by atoms with Crippen molar-refractivity contribution in [3.63, 3.8) is 0 Å². The number of nitrogens with two attached hydrogens (primary N) is 1. The Kier molecular flexibility index (Phi) is 5.94. The lowest BCUT2D eigenvalue weighted by Crippen LogP contribution is -2.92. The van der Waals surface area contributed by atoms with Crippen LogP contribution in [-0.2, 0) is 22.6 Å². The molecule has 1 unspecified atom stereocenters. The number of rotatable bonds is 8. The van der Waals surface area contributed by atoms with Crippen molar-refractivity contribution in [1.29, 1.82) is 0 Å². The minimum absolute atomic E-state index is 0.168. The Bertz CT molecular complexity index is 635. The molecule has 23 heavy (non-hydrogen) atoms. The highest BCUT2D eigenvalue weighted by atomic mass is 16.4. The number of quaternary nitrogens is 1. The summed E-state index contributed by atoms with van der Waals surface area (Å²) in [6.45, 7) is 2.39.